The topological polar surface area (TPSA) is 71.1 Å². The van der Waals surface area contributed by atoms with Crippen LogP contribution >= 0.6 is 0 Å². The molecule has 0 radical (unpaired) electrons. The largest absolute Gasteiger partial charge is 0.494 e. The van der Waals surface area contributed by atoms with Gasteiger partial charge >= 0.3 is 11.9 Å². The molecule has 0 fully saturated rings. The molecule has 0 aliphatic carbocycles. The lowest BCUT2D eigenvalue weighted by atomic mass is 10.0. The molecule has 41 heavy (non-hydrogen) atoms. The molecular weight excluding hydrogens is 516 g/mol. The Hall–Kier alpha value is -3.64. The Labute approximate surface area is 245 Å². The van der Waals surface area contributed by atoms with Gasteiger partial charge in [-0.25, -0.2) is 9.59 Å². The molecule has 6 nitrogen and oxygen atoms in total. The minimum Gasteiger partial charge on any atom is -0.494 e. The third-order valence-electron chi connectivity index (χ3n) is 6.74. The predicted molar refractivity (Wildman–Crippen MR) is 163 cm³/mol. The Balaban J connectivity index is 1.42. The van der Waals surface area contributed by atoms with Gasteiger partial charge in [0.15, 0.2) is 0 Å². The maximum absolute atomic E-state index is 12.6. The summed E-state index contributed by atoms with van der Waals surface area (Å²) in [7, 11) is 0. The first-order chi connectivity index (χ1) is 20.0. The molecule has 0 spiro atoms. The second-order valence-electron chi connectivity index (χ2n) is 10.2. The molecule has 0 saturated heterocycles. The molecular formula is C35H44O6. The van der Waals surface area contributed by atoms with Crippen LogP contribution in [-0.4, -0.2) is 37.9 Å². The van der Waals surface area contributed by atoms with E-state index in [1.54, 1.807) is 43.3 Å². The van der Waals surface area contributed by atoms with E-state index in [0.717, 1.165) is 23.3 Å². The van der Waals surface area contributed by atoms with Crippen LogP contribution in [0.5, 0.6) is 11.5 Å². The molecule has 3 aromatic carbocycles. The summed E-state index contributed by atoms with van der Waals surface area (Å²) in [5.41, 5.74) is 2.82. The average molecular weight is 561 g/mol. The monoisotopic (exact) mass is 560 g/mol. The van der Waals surface area contributed by atoms with Gasteiger partial charge in [-0.15, -0.1) is 0 Å². The Bertz CT molecular complexity index is 1170. The van der Waals surface area contributed by atoms with E-state index >= 15 is 0 Å². The molecule has 0 aliphatic heterocycles. The number of rotatable bonds is 18. The summed E-state index contributed by atoms with van der Waals surface area (Å²) < 4.78 is 22.1. The summed E-state index contributed by atoms with van der Waals surface area (Å²) in [5.74, 6) is 0.410. The number of benzene rings is 3. The molecule has 0 aliphatic rings. The van der Waals surface area contributed by atoms with Gasteiger partial charge in [0.05, 0.1) is 24.3 Å². The third kappa shape index (κ3) is 11.4. The van der Waals surface area contributed by atoms with Crippen molar-refractivity contribution in [3.8, 4) is 22.6 Å². The summed E-state index contributed by atoms with van der Waals surface area (Å²) in [6.07, 6.45) is 9.78. The Morgan fingerprint density at radius 3 is 1.76 bits per heavy atom. The molecule has 1 atom stereocenters. The molecule has 220 valence electrons. The van der Waals surface area contributed by atoms with E-state index in [1.165, 1.54) is 44.9 Å². The zero-order valence-corrected chi connectivity index (χ0v) is 24.7. The standard InChI is InChI=1S/C35H44O6/c1-4-6-7-8-9-10-11-12-25-39-32-21-19-31(20-22-32)35(37)41-33-23-17-29(18-24-33)28-13-15-30(16-14-28)34(36)40-27(3)26-38-5-2/h13-24,27H,4-12,25-26H2,1-3H3/t27-/m0/s1. The van der Waals surface area contributed by atoms with Gasteiger partial charge in [0.25, 0.3) is 0 Å². The van der Waals surface area contributed by atoms with Crippen LogP contribution in [0.2, 0.25) is 0 Å². The first kappa shape index (κ1) is 31.9. The van der Waals surface area contributed by atoms with Crippen LogP contribution in [0.25, 0.3) is 11.1 Å². The Kier molecular flexibility index (Phi) is 13.9. The molecule has 0 N–H and O–H groups in total. The number of unbranched alkanes of at least 4 members (excludes halogenated alkanes) is 7. The lowest BCUT2D eigenvalue weighted by Gasteiger charge is -2.13. The summed E-state index contributed by atoms with van der Waals surface area (Å²) >= 11 is 0. The van der Waals surface area contributed by atoms with Crippen molar-refractivity contribution in [2.75, 3.05) is 19.8 Å². The van der Waals surface area contributed by atoms with Crippen LogP contribution in [0, 0.1) is 0 Å². The number of hydrogen-bond donors (Lipinski definition) is 0. The van der Waals surface area contributed by atoms with E-state index in [9.17, 15) is 9.59 Å². The molecule has 3 aromatic rings. The minimum absolute atomic E-state index is 0.312. The van der Waals surface area contributed by atoms with Crippen molar-refractivity contribution in [3.05, 3.63) is 83.9 Å². The maximum Gasteiger partial charge on any atom is 0.343 e. The summed E-state index contributed by atoms with van der Waals surface area (Å²) in [6, 6.07) is 21.5. The fraction of sp³-hybridized carbons (Fsp3) is 0.429. The summed E-state index contributed by atoms with van der Waals surface area (Å²) in [5, 5.41) is 0. The molecule has 0 heterocycles. The lowest BCUT2D eigenvalue weighted by molar-refractivity contribution is 0.00439. The third-order valence-corrected chi connectivity index (χ3v) is 6.74. The maximum atomic E-state index is 12.6. The number of esters is 2. The van der Waals surface area contributed by atoms with E-state index in [0.29, 0.717) is 36.7 Å². The molecule has 0 unspecified atom stereocenters. The van der Waals surface area contributed by atoms with Crippen molar-refractivity contribution < 1.29 is 28.5 Å². The van der Waals surface area contributed by atoms with Gasteiger partial charge < -0.3 is 18.9 Å². The van der Waals surface area contributed by atoms with E-state index in [2.05, 4.69) is 6.92 Å². The highest BCUT2D eigenvalue weighted by Gasteiger charge is 2.13. The van der Waals surface area contributed by atoms with E-state index in [-0.39, 0.29) is 12.1 Å². The molecule has 0 aromatic heterocycles. The quantitative estimate of drug-likeness (QED) is 0.0880. The Morgan fingerprint density at radius 1 is 0.634 bits per heavy atom. The van der Waals surface area contributed by atoms with Gasteiger partial charge in [-0.2, -0.15) is 0 Å². The second kappa shape index (κ2) is 17.9. The van der Waals surface area contributed by atoms with Gasteiger partial charge in [0.2, 0.25) is 0 Å². The fourth-order valence-electron chi connectivity index (χ4n) is 4.36. The van der Waals surface area contributed by atoms with Gasteiger partial charge in [-0.05, 0) is 79.9 Å². The molecule has 3 rings (SSSR count). The normalized spacial score (nSPS) is 11.6. The zero-order valence-electron chi connectivity index (χ0n) is 24.7. The summed E-state index contributed by atoms with van der Waals surface area (Å²) in [4.78, 5) is 25.0. The Morgan fingerprint density at radius 2 is 1.15 bits per heavy atom. The number of carbonyl (C=O) groups is 2. The fourth-order valence-corrected chi connectivity index (χ4v) is 4.36. The highest BCUT2D eigenvalue weighted by molar-refractivity contribution is 5.91. The van der Waals surface area contributed by atoms with Crippen LogP contribution in [0.1, 0.15) is 92.9 Å². The SMILES string of the molecule is CCCCCCCCCCOc1ccc(C(=O)Oc2ccc(-c3ccc(C(=O)O[C@@H](C)COCC)cc3)cc2)cc1. The first-order valence-corrected chi connectivity index (χ1v) is 14.9. The van der Waals surface area contributed by atoms with Crippen LogP contribution < -0.4 is 9.47 Å². The van der Waals surface area contributed by atoms with Gasteiger partial charge in [-0.1, -0.05) is 76.1 Å². The van der Waals surface area contributed by atoms with Crippen LogP contribution in [0.4, 0.5) is 0 Å². The smallest absolute Gasteiger partial charge is 0.343 e. The van der Waals surface area contributed by atoms with E-state index < -0.39 is 5.97 Å². The van der Waals surface area contributed by atoms with Crippen molar-refractivity contribution in [1.29, 1.82) is 0 Å². The molecule has 0 amide bonds. The lowest BCUT2D eigenvalue weighted by Crippen LogP contribution is -2.20. The number of ether oxygens (including phenoxy) is 4. The van der Waals surface area contributed by atoms with Crippen LogP contribution in [0.3, 0.4) is 0 Å². The number of carbonyl (C=O) groups excluding carboxylic acids is 2. The van der Waals surface area contributed by atoms with Gasteiger partial charge in [0, 0.05) is 6.61 Å². The van der Waals surface area contributed by atoms with E-state index in [4.69, 9.17) is 18.9 Å². The average Bonchev–Trinajstić information content (AvgIpc) is 3.00. The molecule has 6 heteroatoms. The van der Waals surface area contributed by atoms with Crippen molar-refractivity contribution >= 4 is 11.9 Å². The molecule has 0 saturated carbocycles. The number of hydrogen-bond acceptors (Lipinski definition) is 6. The predicted octanol–water partition coefficient (Wildman–Crippen LogP) is 8.67. The zero-order chi connectivity index (χ0) is 29.3. The van der Waals surface area contributed by atoms with Gasteiger partial charge in [0.1, 0.15) is 17.6 Å². The van der Waals surface area contributed by atoms with E-state index in [1.807, 2.05) is 43.3 Å². The van der Waals surface area contributed by atoms with Crippen molar-refractivity contribution in [1.82, 2.24) is 0 Å². The van der Waals surface area contributed by atoms with Crippen molar-refractivity contribution in [2.24, 2.45) is 0 Å². The molecule has 0 bridgehead atoms. The highest BCUT2D eigenvalue weighted by Crippen LogP contribution is 2.24. The minimum atomic E-state index is -0.422. The van der Waals surface area contributed by atoms with Crippen LogP contribution in [0.15, 0.2) is 72.8 Å². The first-order valence-electron chi connectivity index (χ1n) is 14.9. The van der Waals surface area contributed by atoms with Crippen LogP contribution in [-0.2, 0) is 9.47 Å². The van der Waals surface area contributed by atoms with Gasteiger partial charge in [-0.3, -0.25) is 0 Å². The highest BCUT2D eigenvalue weighted by atomic mass is 16.6. The summed E-state index contributed by atoms with van der Waals surface area (Å²) in [6.45, 7) is 7.58. The van der Waals surface area contributed by atoms with Crippen molar-refractivity contribution in [2.45, 2.75) is 78.2 Å². The van der Waals surface area contributed by atoms with Crippen molar-refractivity contribution in [3.63, 3.8) is 0 Å². The second-order valence-corrected chi connectivity index (χ2v) is 10.2.